The van der Waals surface area contributed by atoms with Crippen molar-refractivity contribution in [3.05, 3.63) is 18.2 Å². The first-order chi connectivity index (χ1) is 7.47. The van der Waals surface area contributed by atoms with Crippen molar-refractivity contribution in [2.75, 3.05) is 25.2 Å². The van der Waals surface area contributed by atoms with Gasteiger partial charge in [0.1, 0.15) is 0 Å². The number of benzene rings is 1. The molecule has 0 aromatic heterocycles. The highest BCUT2D eigenvalue weighted by molar-refractivity contribution is 8.00. The highest BCUT2D eigenvalue weighted by Gasteiger charge is 2.21. The maximum Gasteiger partial charge on any atom is 0.175 e. The fourth-order valence-electron chi connectivity index (χ4n) is 1.33. The Kier molecular flexibility index (Phi) is 3.14. The van der Waals surface area contributed by atoms with Crippen LogP contribution in [0.4, 0.5) is 5.69 Å². The van der Waals surface area contributed by atoms with E-state index in [9.17, 15) is 8.42 Å². The lowest BCUT2D eigenvalue weighted by Crippen LogP contribution is -2.30. The van der Waals surface area contributed by atoms with Gasteiger partial charge in [-0.15, -0.1) is 11.8 Å². The highest BCUT2D eigenvalue weighted by Crippen LogP contribution is 2.33. The van der Waals surface area contributed by atoms with Crippen LogP contribution in [-0.4, -0.2) is 33.1 Å². The monoisotopic (exact) mass is 259 g/mol. The summed E-state index contributed by atoms with van der Waals surface area (Å²) in [4.78, 5) is 1.18. The molecule has 16 heavy (non-hydrogen) atoms. The summed E-state index contributed by atoms with van der Waals surface area (Å²) in [5, 5.41) is 0.436. The second kappa shape index (κ2) is 4.27. The zero-order chi connectivity index (χ0) is 11.8. The maximum absolute atomic E-state index is 11.3. The largest absolute Gasteiger partial charge is 0.398 e. The number of ether oxygens (including phenoxy) is 1. The molecule has 0 atom stereocenters. The van der Waals surface area contributed by atoms with Gasteiger partial charge in [0.05, 0.1) is 23.4 Å². The third-order valence-electron chi connectivity index (χ3n) is 2.31. The molecule has 0 amide bonds. The van der Waals surface area contributed by atoms with E-state index in [2.05, 4.69) is 0 Å². The molecule has 1 aliphatic rings. The van der Waals surface area contributed by atoms with Crippen LogP contribution in [-0.2, 0) is 14.6 Å². The molecule has 1 aliphatic heterocycles. The van der Waals surface area contributed by atoms with E-state index in [1.54, 1.807) is 23.9 Å². The number of sulfone groups is 1. The summed E-state index contributed by atoms with van der Waals surface area (Å²) < 4.78 is 27.7. The van der Waals surface area contributed by atoms with Crippen molar-refractivity contribution >= 4 is 27.3 Å². The van der Waals surface area contributed by atoms with E-state index in [1.807, 2.05) is 0 Å². The van der Waals surface area contributed by atoms with Gasteiger partial charge >= 0.3 is 0 Å². The van der Waals surface area contributed by atoms with E-state index in [4.69, 9.17) is 10.5 Å². The number of hydrogen-bond donors (Lipinski definition) is 1. The first-order valence-corrected chi connectivity index (χ1v) is 7.58. The fourth-order valence-corrected chi connectivity index (χ4v) is 3.01. The molecule has 4 nitrogen and oxygen atoms in total. The first kappa shape index (κ1) is 11.8. The molecular weight excluding hydrogens is 246 g/mol. The molecule has 2 rings (SSSR count). The van der Waals surface area contributed by atoms with Crippen LogP contribution < -0.4 is 5.73 Å². The standard InChI is InChI=1S/C10H13NO3S2/c1-16(12,13)8-2-3-10(9(11)4-8)15-7-5-14-6-7/h2-4,7H,5-6,11H2,1H3. The average molecular weight is 259 g/mol. The lowest BCUT2D eigenvalue weighted by molar-refractivity contribution is 0.0455. The van der Waals surface area contributed by atoms with Crippen molar-refractivity contribution in [1.82, 2.24) is 0 Å². The topological polar surface area (TPSA) is 69.4 Å². The van der Waals surface area contributed by atoms with E-state index in [-0.39, 0.29) is 4.90 Å². The number of nitrogens with two attached hydrogens (primary N) is 1. The minimum Gasteiger partial charge on any atom is -0.398 e. The van der Waals surface area contributed by atoms with Gasteiger partial charge in [-0.1, -0.05) is 0 Å². The average Bonchev–Trinajstić information content (AvgIpc) is 2.11. The summed E-state index contributed by atoms with van der Waals surface area (Å²) in [5.41, 5.74) is 6.33. The molecule has 88 valence electrons. The maximum atomic E-state index is 11.3. The molecule has 0 unspecified atom stereocenters. The lowest BCUT2D eigenvalue weighted by atomic mass is 10.3. The Morgan fingerprint density at radius 1 is 1.44 bits per heavy atom. The molecule has 6 heteroatoms. The Bertz CT molecular complexity index is 495. The molecule has 2 N–H and O–H groups in total. The van der Waals surface area contributed by atoms with Crippen molar-refractivity contribution in [3.63, 3.8) is 0 Å². The zero-order valence-electron chi connectivity index (χ0n) is 8.84. The minimum absolute atomic E-state index is 0.263. The summed E-state index contributed by atoms with van der Waals surface area (Å²) in [5.74, 6) is 0. The summed E-state index contributed by atoms with van der Waals surface area (Å²) in [6, 6.07) is 4.86. The van der Waals surface area contributed by atoms with Gasteiger partial charge in [-0.25, -0.2) is 8.42 Å². The predicted octanol–water partition coefficient (Wildman–Crippen LogP) is 1.16. The van der Waals surface area contributed by atoms with Crippen LogP contribution in [0.5, 0.6) is 0 Å². The van der Waals surface area contributed by atoms with Crippen molar-refractivity contribution in [2.45, 2.75) is 15.0 Å². The summed E-state index contributed by atoms with van der Waals surface area (Å²) in [7, 11) is -3.18. The van der Waals surface area contributed by atoms with Crippen molar-refractivity contribution in [3.8, 4) is 0 Å². The van der Waals surface area contributed by atoms with Gasteiger partial charge in [0.25, 0.3) is 0 Å². The SMILES string of the molecule is CS(=O)(=O)c1ccc(SC2COC2)c(N)c1. The molecule has 1 fully saturated rings. The Hall–Kier alpha value is -0.720. The molecule has 1 saturated heterocycles. The third kappa shape index (κ3) is 2.50. The minimum atomic E-state index is -3.18. The Morgan fingerprint density at radius 2 is 2.12 bits per heavy atom. The van der Waals surface area contributed by atoms with E-state index in [1.165, 1.54) is 12.3 Å². The van der Waals surface area contributed by atoms with Crippen LogP contribution >= 0.6 is 11.8 Å². The van der Waals surface area contributed by atoms with Gasteiger partial charge in [-0.3, -0.25) is 0 Å². The van der Waals surface area contributed by atoms with Crippen LogP contribution in [0.15, 0.2) is 28.0 Å². The van der Waals surface area contributed by atoms with Crippen molar-refractivity contribution in [2.24, 2.45) is 0 Å². The summed E-state index contributed by atoms with van der Waals surface area (Å²) >= 11 is 1.63. The zero-order valence-corrected chi connectivity index (χ0v) is 10.5. The second-order valence-corrected chi connectivity index (χ2v) is 7.11. The predicted molar refractivity (Wildman–Crippen MR) is 64.4 cm³/mol. The number of anilines is 1. The molecule has 0 spiro atoms. The van der Waals surface area contributed by atoms with Crippen LogP contribution in [0, 0.1) is 0 Å². The summed E-state index contributed by atoms with van der Waals surface area (Å²) in [6.45, 7) is 1.47. The van der Waals surface area contributed by atoms with Gasteiger partial charge in [-0.2, -0.15) is 0 Å². The molecule has 1 aromatic rings. The molecule has 1 aromatic carbocycles. The highest BCUT2D eigenvalue weighted by atomic mass is 32.2. The number of rotatable bonds is 3. The molecule has 0 saturated carbocycles. The quantitative estimate of drug-likeness (QED) is 0.825. The fraction of sp³-hybridized carbons (Fsp3) is 0.400. The van der Waals surface area contributed by atoms with E-state index < -0.39 is 9.84 Å². The van der Waals surface area contributed by atoms with Gasteiger partial charge in [0.15, 0.2) is 9.84 Å². The Labute approximate surface area is 99.1 Å². The Morgan fingerprint density at radius 3 is 2.56 bits per heavy atom. The van der Waals surface area contributed by atoms with Crippen LogP contribution in [0.3, 0.4) is 0 Å². The second-order valence-electron chi connectivity index (χ2n) is 3.75. The van der Waals surface area contributed by atoms with Crippen molar-refractivity contribution in [1.29, 1.82) is 0 Å². The summed E-state index contributed by atoms with van der Waals surface area (Å²) in [6.07, 6.45) is 1.17. The number of hydrogen-bond acceptors (Lipinski definition) is 5. The normalized spacial score (nSPS) is 17.1. The van der Waals surface area contributed by atoms with Crippen molar-refractivity contribution < 1.29 is 13.2 Å². The van der Waals surface area contributed by atoms with E-state index >= 15 is 0 Å². The molecule has 0 bridgehead atoms. The Balaban J connectivity index is 2.22. The smallest absolute Gasteiger partial charge is 0.175 e. The number of nitrogen functional groups attached to an aromatic ring is 1. The first-order valence-electron chi connectivity index (χ1n) is 4.81. The molecule has 1 heterocycles. The van der Waals surface area contributed by atoms with E-state index in [0.29, 0.717) is 10.9 Å². The van der Waals surface area contributed by atoms with Gasteiger partial charge in [0.2, 0.25) is 0 Å². The molecule has 0 radical (unpaired) electrons. The van der Waals surface area contributed by atoms with Gasteiger partial charge < -0.3 is 10.5 Å². The number of thioether (sulfide) groups is 1. The van der Waals surface area contributed by atoms with Gasteiger partial charge in [-0.05, 0) is 18.2 Å². The van der Waals surface area contributed by atoms with Crippen LogP contribution in [0.25, 0.3) is 0 Å². The van der Waals surface area contributed by atoms with Crippen LogP contribution in [0.2, 0.25) is 0 Å². The van der Waals surface area contributed by atoms with Crippen LogP contribution in [0.1, 0.15) is 0 Å². The molecular formula is C10H13NO3S2. The van der Waals surface area contributed by atoms with Gasteiger partial charge in [0, 0.05) is 16.8 Å². The third-order valence-corrected chi connectivity index (χ3v) is 4.65. The lowest BCUT2D eigenvalue weighted by Gasteiger charge is -2.25. The molecule has 0 aliphatic carbocycles. The van der Waals surface area contributed by atoms with E-state index in [0.717, 1.165) is 18.1 Å².